The van der Waals surface area contributed by atoms with Crippen LogP contribution in [0.3, 0.4) is 0 Å². The van der Waals surface area contributed by atoms with Gasteiger partial charge in [-0.05, 0) is 24.3 Å². The van der Waals surface area contributed by atoms with Gasteiger partial charge in [-0.1, -0.05) is 33.6 Å². The van der Waals surface area contributed by atoms with Crippen LogP contribution in [0.2, 0.25) is 5.02 Å². The number of carbonyl (C=O) groups excluding carboxylic acids is 1. The second kappa shape index (κ2) is 6.11. The molecule has 0 bridgehead atoms. The molecule has 2 N–H and O–H groups in total. The van der Waals surface area contributed by atoms with E-state index in [4.69, 9.17) is 11.6 Å². The molecule has 1 amide bonds. The number of amides is 1. The molecule has 0 heterocycles. The molecule has 0 atom stereocenters. The molecule has 0 aliphatic carbocycles. The van der Waals surface area contributed by atoms with Crippen molar-refractivity contribution in [1.29, 1.82) is 0 Å². The summed E-state index contributed by atoms with van der Waals surface area (Å²) < 4.78 is 0.629. The lowest BCUT2D eigenvalue weighted by molar-refractivity contribution is -0.384. The van der Waals surface area contributed by atoms with Crippen LogP contribution in [0.25, 0.3) is 0 Å². The number of para-hydroxylation sites is 1. The van der Waals surface area contributed by atoms with Crippen molar-refractivity contribution >= 4 is 44.8 Å². The Morgan fingerprint density at radius 2 is 2.05 bits per heavy atom. The molecule has 0 aromatic heterocycles. The van der Waals surface area contributed by atoms with E-state index in [2.05, 4.69) is 21.2 Å². The monoisotopic (exact) mass is 370 g/mol. The van der Waals surface area contributed by atoms with Gasteiger partial charge < -0.3 is 10.4 Å². The van der Waals surface area contributed by atoms with E-state index >= 15 is 0 Å². The largest absolute Gasteiger partial charge is 0.505 e. The number of phenolic OH excluding ortho intramolecular Hbond substituents is 1. The second-order valence-electron chi connectivity index (χ2n) is 4.01. The molecule has 0 fully saturated rings. The van der Waals surface area contributed by atoms with E-state index in [1.807, 2.05) is 0 Å². The molecule has 2 aromatic rings. The highest BCUT2D eigenvalue weighted by molar-refractivity contribution is 9.10. The van der Waals surface area contributed by atoms with Gasteiger partial charge in [-0.2, -0.15) is 0 Å². The number of rotatable bonds is 3. The fourth-order valence-electron chi connectivity index (χ4n) is 1.66. The lowest BCUT2D eigenvalue weighted by atomic mass is 10.2. The quantitative estimate of drug-likeness (QED) is 0.485. The number of benzene rings is 2. The number of anilines is 1. The van der Waals surface area contributed by atoms with E-state index < -0.39 is 22.3 Å². The summed E-state index contributed by atoms with van der Waals surface area (Å²) in [7, 11) is 0. The van der Waals surface area contributed by atoms with Crippen molar-refractivity contribution < 1.29 is 14.8 Å². The lowest BCUT2D eigenvalue weighted by Crippen LogP contribution is -2.14. The summed E-state index contributed by atoms with van der Waals surface area (Å²) in [5.41, 5.74) is -0.554. The Bertz CT molecular complexity index is 736. The summed E-state index contributed by atoms with van der Waals surface area (Å²) in [6.45, 7) is 0. The average molecular weight is 372 g/mol. The molecule has 6 nitrogen and oxygen atoms in total. The predicted molar refractivity (Wildman–Crippen MR) is 81.9 cm³/mol. The SMILES string of the molecule is O=C(Nc1c(O)cccc1[N+](=O)[O-])c1cc(Br)ccc1Cl. The van der Waals surface area contributed by atoms with Crippen LogP contribution in [0.15, 0.2) is 40.9 Å². The van der Waals surface area contributed by atoms with E-state index in [-0.39, 0.29) is 16.3 Å². The van der Waals surface area contributed by atoms with Crippen molar-refractivity contribution in [3.05, 3.63) is 61.6 Å². The predicted octanol–water partition coefficient (Wildman–Crippen LogP) is 3.97. The van der Waals surface area contributed by atoms with E-state index in [1.165, 1.54) is 30.3 Å². The summed E-state index contributed by atoms with van der Waals surface area (Å²) in [4.78, 5) is 22.4. The van der Waals surface area contributed by atoms with Gasteiger partial charge in [-0.25, -0.2) is 0 Å². The van der Waals surface area contributed by atoms with Crippen molar-refractivity contribution in [2.45, 2.75) is 0 Å². The van der Waals surface area contributed by atoms with Gasteiger partial charge in [-0.3, -0.25) is 14.9 Å². The van der Waals surface area contributed by atoms with Crippen LogP contribution in [-0.4, -0.2) is 15.9 Å². The number of halogens is 2. The summed E-state index contributed by atoms with van der Waals surface area (Å²) in [5.74, 6) is -1.06. The van der Waals surface area contributed by atoms with Crippen molar-refractivity contribution in [2.24, 2.45) is 0 Å². The highest BCUT2D eigenvalue weighted by atomic mass is 79.9. The third kappa shape index (κ3) is 3.32. The lowest BCUT2D eigenvalue weighted by Gasteiger charge is -2.09. The van der Waals surface area contributed by atoms with Crippen molar-refractivity contribution in [2.75, 3.05) is 5.32 Å². The molecule has 8 heteroatoms. The summed E-state index contributed by atoms with van der Waals surface area (Å²) in [6, 6.07) is 8.38. The Kier molecular flexibility index (Phi) is 4.44. The number of hydrogen-bond donors (Lipinski definition) is 2. The molecule has 0 radical (unpaired) electrons. The van der Waals surface area contributed by atoms with E-state index in [9.17, 15) is 20.0 Å². The van der Waals surface area contributed by atoms with Crippen molar-refractivity contribution in [3.63, 3.8) is 0 Å². The molecule has 21 heavy (non-hydrogen) atoms. The third-order valence-electron chi connectivity index (χ3n) is 2.63. The Morgan fingerprint density at radius 3 is 2.71 bits per heavy atom. The van der Waals surface area contributed by atoms with Crippen molar-refractivity contribution in [3.8, 4) is 5.75 Å². The van der Waals surface area contributed by atoms with E-state index in [0.29, 0.717) is 4.47 Å². The number of nitro groups is 1. The fraction of sp³-hybridized carbons (Fsp3) is 0. The first-order chi connectivity index (χ1) is 9.90. The maximum Gasteiger partial charge on any atom is 0.296 e. The van der Waals surface area contributed by atoms with Crippen LogP contribution < -0.4 is 5.32 Å². The minimum Gasteiger partial charge on any atom is -0.505 e. The first kappa shape index (κ1) is 15.3. The summed E-state index contributed by atoms with van der Waals surface area (Å²) >= 11 is 9.13. The van der Waals surface area contributed by atoms with Gasteiger partial charge in [-0.15, -0.1) is 0 Å². The topological polar surface area (TPSA) is 92.5 Å². The maximum absolute atomic E-state index is 12.2. The van der Waals surface area contributed by atoms with Crippen molar-refractivity contribution in [1.82, 2.24) is 0 Å². The van der Waals surface area contributed by atoms with E-state index in [1.54, 1.807) is 6.07 Å². The molecule has 2 aromatic carbocycles. The number of carbonyl (C=O) groups is 1. The number of nitro benzene ring substituents is 1. The maximum atomic E-state index is 12.2. The standard InChI is InChI=1S/C13H8BrClN2O4/c14-7-4-5-9(15)8(6-7)13(19)16-12-10(17(20)21)2-1-3-11(12)18/h1-6,18H,(H,16,19). The van der Waals surface area contributed by atoms with Gasteiger partial charge in [0.1, 0.15) is 5.75 Å². The summed E-state index contributed by atoms with van der Waals surface area (Å²) in [6.07, 6.45) is 0. The van der Waals surface area contributed by atoms with Gasteiger partial charge in [0.2, 0.25) is 0 Å². The number of hydrogen-bond acceptors (Lipinski definition) is 4. The Morgan fingerprint density at radius 1 is 1.33 bits per heavy atom. The molecule has 2 rings (SSSR count). The fourth-order valence-corrected chi connectivity index (χ4v) is 2.23. The number of nitrogens with one attached hydrogen (secondary N) is 1. The van der Waals surface area contributed by atoms with Gasteiger partial charge in [0.05, 0.1) is 15.5 Å². The Hall–Kier alpha value is -2.12. The van der Waals surface area contributed by atoms with Crippen LogP contribution >= 0.6 is 27.5 Å². The first-order valence-corrected chi connectivity index (χ1v) is 6.80. The summed E-state index contributed by atoms with van der Waals surface area (Å²) in [5, 5.41) is 23.1. The highest BCUT2D eigenvalue weighted by Gasteiger charge is 2.21. The number of nitrogens with zero attached hydrogens (tertiary/aromatic N) is 1. The normalized spacial score (nSPS) is 10.2. The second-order valence-corrected chi connectivity index (χ2v) is 5.33. The molecule has 0 saturated heterocycles. The molecule has 0 aliphatic rings. The molecule has 0 saturated carbocycles. The Balaban J connectivity index is 2.41. The molecule has 0 aliphatic heterocycles. The van der Waals surface area contributed by atoms with Crippen LogP contribution in [0.5, 0.6) is 5.75 Å². The molecular formula is C13H8BrClN2O4. The smallest absolute Gasteiger partial charge is 0.296 e. The van der Waals surface area contributed by atoms with Crippen LogP contribution in [0.1, 0.15) is 10.4 Å². The van der Waals surface area contributed by atoms with Gasteiger partial charge in [0.25, 0.3) is 11.6 Å². The molecule has 108 valence electrons. The van der Waals surface area contributed by atoms with Crippen LogP contribution in [-0.2, 0) is 0 Å². The van der Waals surface area contributed by atoms with Gasteiger partial charge >= 0.3 is 0 Å². The van der Waals surface area contributed by atoms with Crippen LogP contribution in [0, 0.1) is 10.1 Å². The third-order valence-corrected chi connectivity index (χ3v) is 3.45. The highest BCUT2D eigenvalue weighted by Crippen LogP contribution is 2.34. The number of aromatic hydroxyl groups is 1. The number of phenols is 1. The van der Waals surface area contributed by atoms with Crippen LogP contribution in [0.4, 0.5) is 11.4 Å². The zero-order valence-corrected chi connectivity index (χ0v) is 12.7. The minimum absolute atomic E-state index is 0.128. The minimum atomic E-state index is -0.697. The van der Waals surface area contributed by atoms with Gasteiger partial charge in [0, 0.05) is 10.5 Å². The zero-order chi connectivity index (χ0) is 15.6. The average Bonchev–Trinajstić information content (AvgIpc) is 2.43. The Labute approximate surface area is 132 Å². The molecule has 0 spiro atoms. The zero-order valence-electron chi connectivity index (χ0n) is 10.3. The first-order valence-electron chi connectivity index (χ1n) is 5.63. The van der Waals surface area contributed by atoms with E-state index in [0.717, 1.165) is 0 Å². The molecule has 0 unspecified atom stereocenters. The molecular weight excluding hydrogens is 364 g/mol. The van der Waals surface area contributed by atoms with Gasteiger partial charge in [0.15, 0.2) is 5.69 Å².